The average Bonchev–Trinajstić information content (AvgIpc) is 3.40. The van der Waals surface area contributed by atoms with Gasteiger partial charge < -0.3 is 14.5 Å². The molecule has 2 aromatic carbocycles. The van der Waals surface area contributed by atoms with Crippen molar-refractivity contribution in [1.29, 1.82) is 0 Å². The number of anilines is 1. The lowest BCUT2D eigenvalue weighted by Gasteiger charge is -2.12. The van der Waals surface area contributed by atoms with Gasteiger partial charge in [0, 0.05) is 22.3 Å². The number of rotatable bonds is 7. The first-order valence-electron chi connectivity index (χ1n) is 10.5. The number of furan rings is 1. The first kappa shape index (κ1) is 24.3. The largest absolute Gasteiger partial charge is 0.462 e. The van der Waals surface area contributed by atoms with E-state index >= 15 is 0 Å². The molecule has 0 unspecified atom stereocenters. The second kappa shape index (κ2) is 10.6. The molecule has 0 radical (unpaired) electrons. The van der Waals surface area contributed by atoms with Crippen molar-refractivity contribution >= 4 is 58.1 Å². The summed E-state index contributed by atoms with van der Waals surface area (Å²) in [5.74, 6) is -0.633. The second-order valence-electron chi connectivity index (χ2n) is 7.33. The molecule has 1 aromatic heterocycles. The Morgan fingerprint density at radius 3 is 2.60 bits per heavy atom. The number of esters is 1. The van der Waals surface area contributed by atoms with Crippen LogP contribution in [0.3, 0.4) is 0 Å². The second-order valence-corrected chi connectivity index (χ2v) is 8.76. The average molecular weight is 511 g/mol. The number of halogens is 1. The van der Waals surface area contributed by atoms with Crippen molar-refractivity contribution in [2.75, 3.05) is 18.5 Å². The fourth-order valence-electron chi connectivity index (χ4n) is 3.25. The molecule has 0 aliphatic carbocycles. The van der Waals surface area contributed by atoms with Crippen LogP contribution in [0, 0.1) is 0 Å². The number of imide groups is 1. The van der Waals surface area contributed by atoms with Crippen LogP contribution in [0.5, 0.6) is 0 Å². The lowest BCUT2D eigenvalue weighted by atomic mass is 10.1. The van der Waals surface area contributed by atoms with Crippen molar-refractivity contribution < 1.29 is 28.3 Å². The summed E-state index contributed by atoms with van der Waals surface area (Å²) in [5.41, 5.74) is 1.61. The first-order chi connectivity index (χ1) is 16.8. The van der Waals surface area contributed by atoms with Crippen molar-refractivity contribution in [3.05, 3.63) is 81.9 Å². The number of nitrogens with one attached hydrogen (secondary N) is 1. The predicted molar refractivity (Wildman–Crippen MR) is 133 cm³/mol. The van der Waals surface area contributed by atoms with Crippen LogP contribution in [0.15, 0.2) is 70.0 Å². The standard InChI is InChI=1S/C25H19ClN2O6S/c1-2-33-24(31)16-8-6-15(7-9-16)20-11-10-19(34-20)13-21-23(30)28(25(32)35-21)14-22(29)27-18-5-3-4-17(26)12-18/h3-13H,2,14H2,1H3,(H,27,29)/b21-13+. The summed E-state index contributed by atoms with van der Waals surface area (Å²) in [6.45, 7) is 1.60. The number of thioether (sulfide) groups is 1. The highest BCUT2D eigenvalue weighted by atomic mass is 35.5. The summed E-state index contributed by atoms with van der Waals surface area (Å²) in [6.07, 6.45) is 1.45. The molecule has 35 heavy (non-hydrogen) atoms. The van der Waals surface area contributed by atoms with Gasteiger partial charge in [0.25, 0.3) is 11.1 Å². The maximum atomic E-state index is 12.7. The predicted octanol–water partition coefficient (Wildman–Crippen LogP) is 5.45. The van der Waals surface area contributed by atoms with Gasteiger partial charge in [0.1, 0.15) is 18.1 Å². The molecule has 3 amide bonds. The molecular weight excluding hydrogens is 492 g/mol. The number of nitrogens with zero attached hydrogens (tertiary/aromatic N) is 1. The monoisotopic (exact) mass is 510 g/mol. The van der Waals surface area contributed by atoms with Crippen molar-refractivity contribution in [1.82, 2.24) is 4.90 Å². The molecule has 1 saturated heterocycles. The van der Waals surface area contributed by atoms with E-state index in [-0.39, 0.29) is 4.91 Å². The van der Waals surface area contributed by atoms with E-state index in [9.17, 15) is 19.2 Å². The Kier molecular flexibility index (Phi) is 7.38. The van der Waals surface area contributed by atoms with E-state index in [0.717, 1.165) is 22.2 Å². The van der Waals surface area contributed by atoms with Gasteiger partial charge in [-0.05, 0) is 61.2 Å². The smallest absolute Gasteiger partial charge is 0.338 e. The van der Waals surface area contributed by atoms with Gasteiger partial charge in [0.2, 0.25) is 5.91 Å². The zero-order valence-corrected chi connectivity index (χ0v) is 20.0. The molecule has 4 rings (SSSR count). The van der Waals surface area contributed by atoms with Gasteiger partial charge in [-0.15, -0.1) is 0 Å². The van der Waals surface area contributed by atoms with Crippen LogP contribution in [-0.2, 0) is 14.3 Å². The summed E-state index contributed by atoms with van der Waals surface area (Å²) in [7, 11) is 0. The van der Waals surface area contributed by atoms with Crippen molar-refractivity contribution in [2.24, 2.45) is 0 Å². The van der Waals surface area contributed by atoms with Crippen LogP contribution in [0.2, 0.25) is 5.02 Å². The third-order valence-corrected chi connectivity index (χ3v) is 6.01. The van der Waals surface area contributed by atoms with Gasteiger partial charge in [-0.2, -0.15) is 0 Å². The van der Waals surface area contributed by atoms with Gasteiger partial charge in [0.15, 0.2) is 0 Å². The zero-order chi connectivity index (χ0) is 24.9. The molecule has 1 N–H and O–H groups in total. The van der Waals surface area contributed by atoms with Gasteiger partial charge in [-0.25, -0.2) is 4.79 Å². The van der Waals surface area contributed by atoms with E-state index in [4.69, 9.17) is 20.8 Å². The minimum Gasteiger partial charge on any atom is -0.462 e. The molecule has 2 heterocycles. The Balaban J connectivity index is 1.42. The summed E-state index contributed by atoms with van der Waals surface area (Å²) >= 11 is 6.63. The minimum atomic E-state index is -0.585. The first-order valence-corrected chi connectivity index (χ1v) is 11.7. The van der Waals surface area contributed by atoms with Crippen LogP contribution in [0.4, 0.5) is 10.5 Å². The topological polar surface area (TPSA) is 106 Å². The number of carbonyl (C=O) groups excluding carboxylic acids is 4. The van der Waals surface area contributed by atoms with E-state index in [0.29, 0.717) is 34.4 Å². The number of amides is 3. The summed E-state index contributed by atoms with van der Waals surface area (Å²) in [5, 5.41) is 2.51. The molecule has 1 fully saturated rings. The molecular formula is C25H19ClN2O6S. The SMILES string of the molecule is CCOC(=O)c1ccc(-c2ccc(/C=C3/SC(=O)N(CC(=O)Nc4cccc(Cl)c4)C3=O)o2)cc1. The maximum Gasteiger partial charge on any atom is 0.338 e. The number of hydrogen-bond acceptors (Lipinski definition) is 7. The summed E-state index contributed by atoms with van der Waals surface area (Å²) in [4.78, 5) is 50.2. The van der Waals surface area contributed by atoms with Crippen LogP contribution < -0.4 is 5.32 Å². The van der Waals surface area contributed by atoms with Crippen LogP contribution in [0.1, 0.15) is 23.0 Å². The van der Waals surface area contributed by atoms with E-state index in [1.54, 1.807) is 67.6 Å². The highest BCUT2D eigenvalue weighted by Gasteiger charge is 2.36. The Bertz CT molecular complexity index is 1330. The molecule has 1 aliphatic rings. The summed E-state index contributed by atoms with van der Waals surface area (Å²) in [6, 6.07) is 16.6. The van der Waals surface area contributed by atoms with E-state index in [2.05, 4.69) is 5.32 Å². The van der Waals surface area contributed by atoms with E-state index < -0.39 is 29.6 Å². The molecule has 8 nitrogen and oxygen atoms in total. The molecule has 0 bridgehead atoms. The number of hydrogen-bond donors (Lipinski definition) is 1. The molecule has 0 spiro atoms. The van der Waals surface area contributed by atoms with Crippen LogP contribution in [0.25, 0.3) is 17.4 Å². The van der Waals surface area contributed by atoms with Crippen LogP contribution in [-0.4, -0.2) is 41.1 Å². The fourth-order valence-corrected chi connectivity index (χ4v) is 4.26. The number of carbonyl (C=O) groups is 4. The van der Waals surface area contributed by atoms with Gasteiger partial charge in [-0.3, -0.25) is 19.3 Å². The van der Waals surface area contributed by atoms with Gasteiger partial charge in [0.05, 0.1) is 17.1 Å². The lowest BCUT2D eigenvalue weighted by Crippen LogP contribution is -2.36. The number of benzene rings is 2. The van der Waals surface area contributed by atoms with Gasteiger partial charge >= 0.3 is 5.97 Å². The Morgan fingerprint density at radius 2 is 1.89 bits per heavy atom. The number of ether oxygens (including phenoxy) is 1. The van der Waals surface area contributed by atoms with Crippen molar-refractivity contribution in [3.8, 4) is 11.3 Å². The molecule has 3 aromatic rings. The van der Waals surface area contributed by atoms with Crippen LogP contribution >= 0.6 is 23.4 Å². The summed E-state index contributed by atoms with van der Waals surface area (Å²) < 4.78 is 10.8. The minimum absolute atomic E-state index is 0.143. The third-order valence-electron chi connectivity index (χ3n) is 4.86. The Hall–Kier alpha value is -3.82. The van der Waals surface area contributed by atoms with Gasteiger partial charge in [-0.1, -0.05) is 29.8 Å². The highest BCUT2D eigenvalue weighted by molar-refractivity contribution is 8.18. The van der Waals surface area contributed by atoms with E-state index in [1.165, 1.54) is 6.08 Å². The van der Waals surface area contributed by atoms with Crippen molar-refractivity contribution in [2.45, 2.75) is 6.92 Å². The van der Waals surface area contributed by atoms with E-state index in [1.807, 2.05) is 0 Å². The normalized spacial score (nSPS) is 14.5. The maximum absolute atomic E-state index is 12.7. The zero-order valence-electron chi connectivity index (χ0n) is 18.4. The molecule has 1 aliphatic heterocycles. The highest BCUT2D eigenvalue weighted by Crippen LogP contribution is 2.33. The third kappa shape index (κ3) is 5.82. The lowest BCUT2D eigenvalue weighted by molar-refractivity contribution is -0.127. The molecule has 10 heteroatoms. The Morgan fingerprint density at radius 1 is 1.11 bits per heavy atom. The quantitative estimate of drug-likeness (QED) is 0.332. The van der Waals surface area contributed by atoms with Crippen molar-refractivity contribution in [3.63, 3.8) is 0 Å². The molecule has 178 valence electrons. The molecule has 0 atom stereocenters. The Labute approximate surface area is 209 Å². The molecule has 0 saturated carbocycles. The fraction of sp³-hybridized carbons (Fsp3) is 0.120.